The summed E-state index contributed by atoms with van der Waals surface area (Å²) in [6, 6.07) is 0. The zero-order chi connectivity index (χ0) is 31.0. The minimum absolute atomic E-state index is 0.0541. The Kier molecular flexibility index (Phi) is 8.68. The second-order valence-corrected chi connectivity index (χ2v) is 17.3. The third-order valence-electron chi connectivity index (χ3n) is 14.9. The van der Waals surface area contributed by atoms with Crippen LogP contribution >= 0.6 is 0 Å². The van der Waals surface area contributed by atoms with Gasteiger partial charge in [-0.05, 0) is 122 Å². The van der Waals surface area contributed by atoms with Crippen LogP contribution in [0.4, 0.5) is 0 Å². The molecule has 4 aliphatic carbocycles. The van der Waals surface area contributed by atoms with Gasteiger partial charge in [-0.3, -0.25) is 0 Å². The molecule has 0 aromatic rings. The quantitative estimate of drug-likeness (QED) is 0.257. The summed E-state index contributed by atoms with van der Waals surface area (Å²) in [6.07, 6.45) is 7.45. The second-order valence-electron chi connectivity index (χ2n) is 17.3. The van der Waals surface area contributed by atoms with Gasteiger partial charge >= 0.3 is 0 Å². The fourth-order valence-electron chi connectivity index (χ4n) is 12.3. The van der Waals surface area contributed by atoms with Crippen LogP contribution in [0.5, 0.6) is 0 Å². The monoisotopic (exact) mass is 590 g/mol. The minimum Gasteiger partial charge on any atom is -0.394 e. The molecule has 7 unspecified atom stereocenters. The molecule has 5 fully saturated rings. The average molecular weight is 591 g/mol. The van der Waals surface area contributed by atoms with Crippen molar-refractivity contribution >= 4 is 0 Å². The first-order valence-corrected chi connectivity index (χ1v) is 17.1. The van der Waals surface area contributed by atoms with Crippen LogP contribution in [0.1, 0.15) is 120 Å². The lowest BCUT2D eigenvalue weighted by atomic mass is 9.35. The summed E-state index contributed by atoms with van der Waals surface area (Å²) in [5.41, 5.74) is 0.821. The van der Waals surface area contributed by atoms with E-state index in [0.717, 1.165) is 57.8 Å². The molecule has 6 nitrogen and oxygen atoms in total. The van der Waals surface area contributed by atoms with Crippen molar-refractivity contribution in [2.24, 2.45) is 50.7 Å². The Bertz CT molecular complexity index is 1020. The van der Waals surface area contributed by atoms with Gasteiger partial charge in [0, 0.05) is 6.42 Å². The molecule has 6 heteroatoms. The van der Waals surface area contributed by atoms with Gasteiger partial charge in [-0.2, -0.15) is 0 Å². The number of ether oxygens (including phenoxy) is 1. The number of allylic oxidation sites excluding steroid dienone is 2. The highest BCUT2D eigenvalue weighted by Crippen LogP contribution is 2.76. The van der Waals surface area contributed by atoms with Crippen molar-refractivity contribution in [2.75, 3.05) is 6.61 Å². The van der Waals surface area contributed by atoms with E-state index in [9.17, 15) is 25.5 Å². The van der Waals surface area contributed by atoms with Crippen LogP contribution in [-0.2, 0) is 4.74 Å². The lowest BCUT2D eigenvalue weighted by molar-refractivity contribution is -0.257. The van der Waals surface area contributed by atoms with Gasteiger partial charge in [-0.25, -0.2) is 0 Å². The van der Waals surface area contributed by atoms with E-state index in [1.54, 1.807) is 0 Å². The van der Waals surface area contributed by atoms with E-state index in [0.29, 0.717) is 11.8 Å². The van der Waals surface area contributed by atoms with Crippen molar-refractivity contribution in [2.45, 2.75) is 156 Å². The summed E-state index contributed by atoms with van der Waals surface area (Å²) in [4.78, 5) is 0. The lowest BCUT2D eigenvalue weighted by Crippen LogP contribution is -2.67. The molecule has 42 heavy (non-hydrogen) atoms. The van der Waals surface area contributed by atoms with Crippen LogP contribution in [-0.4, -0.2) is 68.8 Å². The van der Waals surface area contributed by atoms with Gasteiger partial charge in [0.25, 0.3) is 0 Å². The predicted molar refractivity (Wildman–Crippen MR) is 166 cm³/mol. The van der Waals surface area contributed by atoms with Crippen LogP contribution in [0.2, 0.25) is 0 Å². The predicted octanol–water partition coefficient (Wildman–Crippen LogP) is 5.63. The first-order valence-electron chi connectivity index (χ1n) is 17.1. The molecule has 14 atom stereocenters. The Morgan fingerprint density at radius 1 is 0.833 bits per heavy atom. The molecule has 0 aromatic carbocycles. The van der Waals surface area contributed by atoms with Crippen LogP contribution < -0.4 is 0 Å². The number of hydrogen-bond donors (Lipinski definition) is 5. The standard InChI is InChI=1S/C36H62O6/c1-21(2)10-9-14-33(5,31-25(40)18-23(38)26(20-37)42-31)22-11-16-36(8)30(22)24(39)19-28-34(6)15-13-29(41)32(3,4)27(34)12-17-35(28,36)7/h10,22-31,37-41H,9,11-20H2,1-8H3/t22?,23-,24-,25-,26?,27?,28?,29+,30?,31?,33?,34+,35-,36-/m1/s1. The molecule has 0 aromatic heterocycles. The molecule has 1 heterocycles. The molecule has 242 valence electrons. The van der Waals surface area contributed by atoms with Gasteiger partial charge in [0.15, 0.2) is 0 Å². The van der Waals surface area contributed by atoms with Gasteiger partial charge < -0.3 is 30.3 Å². The highest BCUT2D eigenvalue weighted by molar-refractivity contribution is 5.20. The smallest absolute Gasteiger partial charge is 0.107 e. The van der Waals surface area contributed by atoms with Crippen molar-refractivity contribution in [3.63, 3.8) is 0 Å². The van der Waals surface area contributed by atoms with E-state index in [-0.39, 0.29) is 52.6 Å². The third kappa shape index (κ3) is 4.71. The molecule has 1 aliphatic heterocycles. The van der Waals surface area contributed by atoms with E-state index < -0.39 is 35.9 Å². The van der Waals surface area contributed by atoms with Gasteiger partial charge in [0.1, 0.15) is 6.10 Å². The first-order chi connectivity index (χ1) is 19.5. The van der Waals surface area contributed by atoms with E-state index in [1.807, 2.05) is 0 Å². The van der Waals surface area contributed by atoms with Gasteiger partial charge in [-0.1, -0.05) is 53.2 Å². The molecule has 0 amide bonds. The van der Waals surface area contributed by atoms with E-state index in [1.165, 1.54) is 5.57 Å². The topological polar surface area (TPSA) is 110 Å². The van der Waals surface area contributed by atoms with E-state index in [4.69, 9.17) is 4.74 Å². The largest absolute Gasteiger partial charge is 0.394 e. The summed E-state index contributed by atoms with van der Waals surface area (Å²) in [6.45, 7) is 18.2. The molecule has 5 aliphatic rings. The third-order valence-corrected chi connectivity index (χ3v) is 14.9. The Labute approximate surface area is 255 Å². The van der Waals surface area contributed by atoms with Crippen molar-refractivity contribution in [1.82, 2.24) is 0 Å². The molecule has 4 saturated carbocycles. The highest BCUT2D eigenvalue weighted by atomic mass is 16.5. The van der Waals surface area contributed by atoms with Crippen molar-refractivity contribution in [3.8, 4) is 0 Å². The number of aliphatic hydroxyl groups is 5. The van der Waals surface area contributed by atoms with Gasteiger partial charge in [0.05, 0.1) is 37.1 Å². The molecule has 5 rings (SSSR count). The average Bonchev–Trinajstić information content (AvgIpc) is 3.28. The van der Waals surface area contributed by atoms with Crippen molar-refractivity contribution in [3.05, 3.63) is 11.6 Å². The molecule has 5 N–H and O–H groups in total. The number of aliphatic hydroxyl groups excluding tert-OH is 5. The Hall–Kier alpha value is -0.500. The van der Waals surface area contributed by atoms with Gasteiger partial charge in [0.2, 0.25) is 0 Å². The summed E-state index contributed by atoms with van der Waals surface area (Å²) in [7, 11) is 0. The Morgan fingerprint density at radius 3 is 2.14 bits per heavy atom. The fourth-order valence-corrected chi connectivity index (χ4v) is 12.3. The number of fused-ring (bicyclic) bond motifs is 5. The van der Waals surface area contributed by atoms with Crippen molar-refractivity contribution < 1.29 is 30.3 Å². The highest BCUT2D eigenvalue weighted by Gasteiger charge is 2.72. The number of rotatable bonds is 6. The van der Waals surface area contributed by atoms with Crippen molar-refractivity contribution in [1.29, 1.82) is 0 Å². The van der Waals surface area contributed by atoms with E-state index >= 15 is 0 Å². The molecular formula is C36H62O6. The minimum atomic E-state index is -0.883. The second kappa shape index (κ2) is 11.1. The summed E-state index contributed by atoms with van der Waals surface area (Å²) >= 11 is 0. The van der Waals surface area contributed by atoms with Gasteiger partial charge in [-0.15, -0.1) is 0 Å². The SMILES string of the molecule is CC(C)=CCCC(C)(C1CC[C@]2(C)C1[C@H](O)CC1[C@@]3(C)CC[C@H](O)C(C)(C)C3CC[C@]12C)C1OC(CO)[C@H](O)C[C@H]1O. The normalized spacial score (nSPS) is 51.5. The summed E-state index contributed by atoms with van der Waals surface area (Å²) in [5, 5.41) is 55.2. The first kappa shape index (κ1) is 32.9. The summed E-state index contributed by atoms with van der Waals surface area (Å²) < 4.78 is 6.42. The molecule has 0 spiro atoms. The zero-order valence-corrected chi connectivity index (χ0v) is 27.8. The Balaban J connectivity index is 1.52. The lowest BCUT2D eigenvalue weighted by Gasteiger charge is -2.70. The van der Waals surface area contributed by atoms with Crippen LogP contribution in [0.25, 0.3) is 0 Å². The maximum absolute atomic E-state index is 12.3. The Morgan fingerprint density at radius 2 is 1.50 bits per heavy atom. The van der Waals surface area contributed by atoms with E-state index in [2.05, 4.69) is 61.5 Å². The molecule has 0 radical (unpaired) electrons. The van der Waals surface area contributed by atoms with Crippen LogP contribution in [0.3, 0.4) is 0 Å². The summed E-state index contributed by atoms with van der Waals surface area (Å²) in [5.74, 6) is 1.09. The van der Waals surface area contributed by atoms with Crippen LogP contribution in [0, 0.1) is 50.7 Å². The number of hydrogen-bond acceptors (Lipinski definition) is 6. The molecule has 0 bridgehead atoms. The zero-order valence-electron chi connectivity index (χ0n) is 27.8. The van der Waals surface area contributed by atoms with Crippen LogP contribution in [0.15, 0.2) is 11.6 Å². The molecular weight excluding hydrogens is 528 g/mol. The maximum Gasteiger partial charge on any atom is 0.107 e. The maximum atomic E-state index is 12.3. The fraction of sp³-hybridized carbons (Fsp3) is 0.944. The molecule has 1 saturated heterocycles.